The molecule has 1 saturated carbocycles. The Kier molecular flexibility index (Phi) is 2.07. The van der Waals surface area contributed by atoms with Gasteiger partial charge in [-0.15, -0.1) is 0 Å². The van der Waals surface area contributed by atoms with Crippen LogP contribution in [0.1, 0.15) is 47.0 Å². The molecule has 60 valence electrons. The van der Waals surface area contributed by atoms with E-state index in [1.165, 1.54) is 19.3 Å². The summed E-state index contributed by atoms with van der Waals surface area (Å²) in [5.41, 5.74) is 0.679. The molecule has 2 unspecified atom stereocenters. The van der Waals surface area contributed by atoms with Gasteiger partial charge in [0, 0.05) is 0 Å². The third kappa shape index (κ3) is 1.36. The smallest absolute Gasteiger partial charge is 0.0323 e. The SMILES string of the molecule is CCC1(C)CC(C)C(C)C1. The van der Waals surface area contributed by atoms with Crippen LogP contribution in [-0.4, -0.2) is 0 Å². The van der Waals surface area contributed by atoms with Crippen molar-refractivity contribution in [2.45, 2.75) is 47.0 Å². The van der Waals surface area contributed by atoms with Crippen molar-refractivity contribution in [2.75, 3.05) is 0 Å². The summed E-state index contributed by atoms with van der Waals surface area (Å²) in [5.74, 6) is 1.93. The van der Waals surface area contributed by atoms with Gasteiger partial charge in [0.05, 0.1) is 0 Å². The van der Waals surface area contributed by atoms with Gasteiger partial charge in [0.25, 0.3) is 0 Å². The van der Waals surface area contributed by atoms with E-state index in [0.29, 0.717) is 5.41 Å². The van der Waals surface area contributed by atoms with Gasteiger partial charge in [-0.1, -0.05) is 34.1 Å². The van der Waals surface area contributed by atoms with E-state index in [0.717, 1.165) is 11.8 Å². The van der Waals surface area contributed by atoms with E-state index in [1.54, 1.807) is 0 Å². The Morgan fingerprint density at radius 3 is 1.80 bits per heavy atom. The Morgan fingerprint density at radius 1 is 1.20 bits per heavy atom. The summed E-state index contributed by atoms with van der Waals surface area (Å²) in [6.07, 6.45) is 4.26. The molecular weight excluding hydrogens is 120 g/mol. The minimum atomic E-state index is 0.679. The molecule has 0 spiro atoms. The van der Waals surface area contributed by atoms with Gasteiger partial charge in [0.1, 0.15) is 0 Å². The zero-order chi connectivity index (χ0) is 7.78. The molecule has 0 nitrogen and oxygen atoms in total. The number of rotatable bonds is 1. The van der Waals surface area contributed by atoms with E-state index in [4.69, 9.17) is 0 Å². The maximum absolute atomic E-state index is 2.44. The fourth-order valence-electron chi connectivity index (χ4n) is 2.33. The van der Waals surface area contributed by atoms with E-state index in [2.05, 4.69) is 27.7 Å². The van der Waals surface area contributed by atoms with Crippen molar-refractivity contribution in [3.63, 3.8) is 0 Å². The van der Waals surface area contributed by atoms with Crippen LogP contribution < -0.4 is 0 Å². The second-order valence-corrected chi connectivity index (χ2v) is 4.53. The Balaban J connectivity index is 2.55. The van der Waals surface area contributed by atoms with E-state index in [-0.39, 0.29) is 0 Å². The van der Waals surface area contributed by atoms with Gasteiger partial charge in [-0.25, -0.2) is 0 Å². The van der Waals surface area contributed by atoms with Crippen molar-refractivity contribution in [1.29, 1.82) is 0 Å². The number of hydrogen-bond acceptors (Lipinski definition) is 0. The second-order valence-electron chi connectivity index (χ2n) is 4.53. The molecule has 0 aromatic carbocycles. The normalized spacial score (nSPS) is 48.0. The molecule has 0 radical (unpaired) electrons. The van der Waals surface area contributed by atoms with Crippen LogP contribution in [0, 0.1) is 17.3 Å². The summed E-state index contributed by atoms with van der Waals surface area (Å²) >= 11 is 0. The molecule has 2 atom stereocenters. The fraction of sp³-hybridized carbons (Fsp3) is 1.00. The van der Waals surface area contributed by atoms with Crippen LogP contribution in [-0.2, 0) is 0 Å². The zero-order valence-corrected chi connectivity index (χ0v) is 7.78. The fourth-order valence-corrected chi connectivity index (χ4v) is 2.33. The summed E-state index contributed by atoms with van der Waals surface area (Å²) in [5, 5.41) is 0. The van der Waals surface area contributed by atoms with Gasteiger partial charge in [0.15, 0.2) is 0 Å². The first-order chi connectivity index (χ1) is 4.57. The topological polar surface area (TPSA) is 0 Å². The third-order valence-electron chi connectivity index (χ3n) is 3.45. The molecule has 0 N–H and O–H groups in total. The second kappa shape index (κ2) is 2.56. The first-order valence-corrected chi connectivity index (χ1v) is 4.57. The third-order valence-corrected chi connectivity index (χ3v) is 3.45. The Labute approximate surface area is 65.0 Å². The van der Waals surface area contributed by atoms with Crippen LogP contribution >= 0.6 is 0 Å². The van der Waals surface area contributed by atoms with Crippen LogP contribution in [0.5, 0.6) is 0 Å². The predicted octanol–water partition coefficient (Wildman–Crippen LogP) is 3.47. The van der Waals surface area contributed by atoms with E-state index in [9.17, 15) is 0 Å². The molecule has 0 heteroatoms. The molecule has 0 bridgehead atoms. The van der Waals surface area contributed by atoms with Crippen LogP contribution in [0.15, 0.2) is 0 Å². The first kappa shape index (κ1) is 8.10. The van der Waals surface area contributed by atoms with E-state index in [1.807, 2.05) is 0 Å². The Hall–Kier alpha value is 0. The van der Waals surface area contributed by atoms with Gasteiger partial charge < -0.3 is 0 Å². The lowest BCUT2D eigenvalue weighted by Crippen LogP contribution is -2.09. The Bertz CT molecular complexity index is 105. The van der Waals surface area contributed by atoms with Gasteiger partial charge >= 0.3 is 0 Å². The minimum Gasteiger partial charge on any atom is -0.0649 e. The summed E-state index contributed by atoms with van der Waals surface area (Å²) in [6.45, 7) is 9.55. The summed E-state index contributed by atoms with van der Waals surface area (Å²) in [6, 6.07) is 0. The quantitative estimate of drug-likeness (QED) is 0.523. The molecule has 0 aromatic heterocycles. The highest BCUT2D eigenvalue weighted by Crippen LogP contribution is 2.46. The largest absolute Gasteiger partial charge is 0.0649 e. The maximum Gasteiger partial charge on any atom is -0.0323 e. The van der Waals surface area contributed by atoms with E-state index >= 15 is 0 Å². The highest BCUT2D eigenvalue weighted by atomic mass is 14.4. The van der Waals surface area contributed by atoms with Crippen molar-refractivity contribution in [2.24, 2.45) is 17.3 Å². The van der Waals surface area contributed by atoms with Crippen LogP contribution in [0.3, 0.4) is 0 Å². The van der Waals surface area contributed by atoms with Crippen molar-refractivity contribution in [1.82, 2.24) is 0 Å². The molecule has 0 amide bonds. The molecule has 1 fully saturated rings. The Morgan fingerprint density at radius 2 is 1.60 bits per heavy atom. The molecule has 0 heterocycles. The number of hydrogen-bond donors (Lipinski definition) is 0. The predicted molar refractivity (Wildman–Crippen MR) is 46.0 cm³/mol. The molecular formula is C10H20. The van der Waals surface area contributed by atoms with Crippen molar-refractivity contribution >= 4 is 0 Å². The van der Waals surface area contributed by atoms with Gasteiger partial charge in [-0.3, -0.25) is 0 Å². The lowest BCUT2D eigenvalue weighted by molar-refractivity contribution is 0.308. The van der Waals surface area contributed by atoms with Crippen molar-refractivity contribution in [3.8, 4) is 0 Å². The molecule has 0 saturated heterocycles. The van der Waals surface area contributed by atoms with Crippen molar-refractivity contribution in [3.05, 3.63) is 0 Å². The molecule has 0 aliphatic heterocycles. The minimum absolute atomic E-state index is 0.679. The summed E-state index contributed by atoms with van der Waals surface area (Å²) in [4.78, 5) is 0. The molecule has 1 aliphatic rings. The summed E-state index contributed by atoms with van der Waals surface area (Å²) < 4.78 is 0. The average Bonchev–Trinajstić information content (AvgIpc) is 2.10. The molecule has 10 heavy (non-hydrogen) atoms. The monoisotopic (exact) mass is 140 g/mol. The van der Waals surface area contributed by atoms with Gasteiger partial charge in [-0.05, 0) is 30.1 Å². The van der Waals surface area contributed by atoms with Gasteiger partial charge in [0.2, 0.25) is 0 Å². The molecule has 1 rings (SSSR count). The van der Waals surface area contributed by atoms with Crippen molar-refractivity contribution < 1.29 is 0 Å². The highest BCUT2D eigenvalue weighted by molar-refractivity contribution is 4.86. The van der Waals surface area contributed by atoms with E-state index < -0.39 is 0 Å². The standard InChI is InChI=1S/C10H20/c1-5-10(4)6-8(2)9(3)7-10/h8-9H,5-7H2,1-4H3. The molecule has 0 aromatic rings. The van der Waals surface area contributed by atoms with Crippen LogP contribution in [0.25, 0.3) is 0 Å². The van der Waals surface area contributed by atoms with Crippen LogP contribution in [0.4, 0.5) is 0 Å². The average molecular weight is 140 g/mol. The highest BCUT2D eigenvalue weighted by Gasteiger charge is 2.35. The van der Waals surface area contributed by atoms with Crippen LogP contribution in [0.2, 0.25) is 0 Å². The zero-order valence-electron chi connectivity index (χ0n) is 7.78. The lowest BCUT2D eigenvalue weighted by atomic mass is 9.85. The van der Waals surface area contributed by atoms with Gasteiger partial charge in [-0.2, -0.15) is 0 Å². The summed E-state index contributed by atoms with van der Waals surface area (Å²) in [7, 11) is 0. The lowest BCUT2D eigenvalue weighted by Gasteiger charge is -2.21. The first-order valence-electron chi connectivity index (χ1n) is 4.57. The molecule has 1 aliphatic carbocycles. The maximum atomic E-state index is 2.44.